The Bertz CT molecular complexity index is 1180. The highest BCUT2D eigenvalue weighted by Gasteiger charge is 2.37. The molecule has 2 amide bonds. The Morgan fingerprint density at radius 1 is 0.914 bits per heavy atom. The second-order valence-corrected chi connectivity index (χ2v) is 7.38. The molecule has 35 heavy (non-hydrogen) atoms. The molecule has 0 unspecified atom stereocenters. The fraction of sp³-hybridized carbons (Fsp3) is 0.261. The SMILES string of the molecule is CCN(CC)C(=O)c1cnn(-c2ccccc2)c1NC(=O)c1cc(C(F)(F)F)cc(C(F)(F)F)c1. The number of anilines is 1. The minimum Gasteiger partial charge on any atom is -0.339 e. The summed E-state index contributed by atoms with van der Waals surface area (Å²) < 4.78 is 80.6. The third kappa shape index (κ3) is 5.64. The Balaban J connectivity index is 2.12. The Morgan fingerprint density at radius 3 is 1.94 bits per heavy atom. The fourth-order valence-corrected chi connectivity index (χ4v) is 3.34. The second-order valence-electron chi connectivity index (χ2n) is 7.38. The summed E-state index contributed by atoms with van der Waals surface area (Å²) in [5.41, 5.74) is -3.81. The third-order valence-electron chi connectivity index (χ3n) is 5.13. The predicted molar refractivity (Wildman–Crippen MR) is 115 cm³/mol. The van der Waals surface area contributed by atoms with Crippen LogP contribution in [0.4, 0.5) is 32.2 Å². The first-order valence-corrected chi connectivity index (χ1v) is 10.4. The number of nitrogens with one attached hydrogen (secondary N) is 1. The van der Waals surface area contributed by atoms with Crippen LogP contribution in [0, 0.1) is 0 Å². The van der Waals surface area contributed by atoms with Crippen molar-refractivity contribution >= 4 is 17.6 Å². The Labute approximate surface area is 196 Å². The lowest BCUT2D eigenvalue weighted by molar-refractivity contribution is -0.143. The zero-order valence-corrected chi connectivity index (χ0v) is 18.5. The van der Waals surface area contributed by atoms with Gasteiger partial charge in [0.15, 0.2) is 0 Å². The van der Waals surface area contributed by atoms with Crippen LogP contribution in [0.25, 0.3) is 5.69 Å². The third-order valence-corrected chi connectivity index (χ3v) is 5.13. The van der Waals surface area contributed by atoms with Gasteiger partial charge in [-0.3, -0.25) is 9.59 Å². The van der Waals surface area contributed by atoms with E-state index < -0.39 is 40.9 Å². The molecular weight excluding hydrogens is 478 g/mol. The average molecular weight is 498 g/mol. The molecule has 0 aliphatic rings. The molecule has 3 rings (SSSR count). The van der Waals surface area contributed by atoms with Crippen LogP contribution in [-0.4, -0.2) is 39.6 Å². The quantitative estimate of drug-likeness (QED) is 0.447. The van der Waals surface area contributed by atoms with Crippen LogP contribution < -0.4 is 5.32 Å². The van der Waals surface area contributed by atoms with Crippen molar-refractivity contribution in [2.24, 2.45) is 0 Å². The van der Waals surface area contributed by atoms with E-state index in [0.29, 0.717) is 30.9 Å². The molecule has 0 fully saturated rings. The van der Waals surface area contributed by atoms with Crippen LogP contribution in [0.5, 0.6) is 0 Å². The highest BCUT2D eigenvalue weighted by Crippen LogP contribution is 2.36. The number of carbonyl (C=O) groups excluding carboxylic acids is 2. The van der Waals surface area contributed by atoms with Crippen molar-refractivity contribution in [2.75, 3.05) is 18.4 Å². The molecule has 0 bridgehead atoms. The molecule has 0 saturated carbocycles. The molecule has 12 heteroatoms. The summed E-state index contributed by atoms with van der Waals surface area (Å²) in [5.74, 6) is -1.98. The molecule has 0 spiro atoms. The number of hydrogen-bond acceptors (Lipinski definition) is 3. The first kappa shape index (κ1) is 25.8. The predicted octanol–water partition coefficient (Wildman–Crippen LogP) is 5.64. The van der Waals surface area contributed by atoms with Crippen molar-refractivity contribution in [3.8, 4) is 5.69 Å². The maximum absolute atomic E-state index is 13.2. The Kier molecular flexibility index (Phi) is 7.22. The highest BCUT2D eigenvalue weighted by molar-refractivity contribution is 6.08. The standard InChI is InChI=1S/C23H20F6N4O2/c1-3-32(4-2)21(35)18-13-30-33(17-8-6-5-7-9-17)19(18)31-20(34)14-10-15(22(24,25)26)12-16(11-14)23(27,28)29/h5-13H,3-4H2,1-2H3,(H,31,34). The van der Waals surface area contributed by atoms with Gasteiger partial charge in [-0.25, -0.2) is 4.68 Å². The summed E-state index contributed by atoms with van der Waals surface area (Å²) in [4.78, 5) is 27.3. The van der Waals surface area contributed by atoms with E-state index in [1.54, 1.807) is 44.2 Å². The zero-order chi connectivity index (χ0) is 26.0. The molecule has 186 valence electrons. The van der Waals surface area contributed by atoms with Crippen molar-refractivity contribution in [3.05, 3.63) is 77.0 Å². The maximum atomic E-state index is 13.2. The van der Waals surface area contributed by atoms with Crippen LogP contribution >= 0.6 is 0 Å². The molecule has 0 saturated heterocycles. The van der Waals surface area contributed by atoms with Crippen molar-refractivity contribution in [2.45, 2.75) is 26.2 Å². The van der Waals surface area contributed by atoms with Crippen molar-refractivity contribution in [1.29, 1.82) is 0 Å². The van der Waals surface area contributed by atoms with Crippen molar-refractivity contribution in [3.63, 3.8) is 0 Å². The monoisotopic (exact) mass is 498 g/mol. The van der Waals surface area contributed by atoms with Gasteiger partial charge in [-0.1, -0.05) is 18.2 Å². The van der Waals surface area contributed by atoms with E-state index in [2.05, 4.69) is 10.4 Å². The summed E-state index contributed by atoms with van der Waals surface area (Å²) in [6.45, 7) is 4.09. The molecule has 1 aromatic heterocycles. The van der Waals surface area contributed by atoms with E-state index in [4.69, 9.17) is 0 Å². The molecule has 3 aromatic rings. The molecule has 6 nitrogen and oxygen atoms in total. The summed E-state index contributed by atoms with van der Waals surface area (Å²) in [6.07, 6.45) is -9.06. The number of benzene rings is 2. The molecule has 0 atom stereocenters. The van der Waals surface area contributed by atoms with Gasteiger partial charge in [0.1, 0.15) is 11.4 Å². The summed E-state index contributed by atoms with van der Waals surface area (Å²) >= 11 is 0. The molecular formula is C23H20F6N4O2. The van der Waals surface area contributed by atoms with Gasteiger partial charge in [0, 0.05) is 18.7 Å². The van der Waals surface area contributed by atoms with E-state index in [9.17, 15) is 35.9 Å². The largest absolute Gasteiger partial charge is 0.416 e. The van der Waals surface area contributed by atoms with E-state index in [1.807, 2.05) is 0 Å². The van der Waals surface area contributed by atoms with Gasteiger partial charge in [-0.15, -0.1) is 0 Å². The van der Waals surface area contributed by atoms with Gasteiger partial charge >= 0.3 is 12.4 Å². The highest BCUT2D eigenvalue weighted by atomic mass is 19.4. The molecule has 0 aliphatic heterocycles. The first-order chi connectivity index (χ1) is 16.4. The van der Waals surface area contributed by atoms with Crippen molar-refractivity contribution in [1.82, 2.24) is 14.7 Å². The number of halogens is 6. The summed E-state index contributed by atoms with van der Waals surface area (Å²) in [5, 5.41) is 6.41. The average Bonchev–Trinajstić information content (AvgIpc) is 3.22. The summed E-state index contributed by atoms with van der Waals surface area (Å²) in [7, 11) is 0. The van der Waals surface area contributed by atoms with Gasteiger partial charge in [-0.2, -0.15) is 31.4 Å². The topological polar surface area (TPSA) is 67.2 Å². The number of hydrogen-bond donors (Lipinski definition) is 1. The van der Waals surface area contributed by atoms with Crippen LogP contribution in [0.15, 0.2) is 54.7 Å². The molecule has 1 N–H and O–H groups in total. The van der Waals surface area contributed by atoms with Gasteiger partial charge < -0.3 is 10.2 Å². The normalized spacial score (nSPS) is 11.9. The number of carbonyl (C=O) groups is 2. The summed E-state index contributed by atoms with van der Waals surface area (Å²) in [6, 6.07) is 8.77. The first-order valence-electron chi connectivity index (χ1n) is 10.4. The smallest absolute Gasteiger partial charge is 0.339 e. The lowest BCUT2D eigenvalue weighted by Gasteiger charge is -2.19. The van der Waals surface area contributed by atoms with Crippen LogP contribution in [0.1, 0.15) is 45.7 Å². The number of alkyl halides is 6. The number of para-hydroxylation sites is 1. The minimum atomic E-state index is -5.12. The van der Waals surface area contributed by atoms with Crippen LogP contribution in [-0.2, 0) is 12.4 Å². The zero-order valence-electron chi connectivity index (χ0n) is 18.5. The molecule has 1 heterocycles. The van der Waals surface area contributed by atoms with Gasteiger partial charge in [0.05, 0.1) is 23.0 Å². The number of aromatic nitrogens is 2. The van der Waals surface area contributed by atoms with E-state index in [1.165, 1.54) is 15.8 Å². The lowest BCUT2D eigenvalue weighted by atomic mass is 10.0. The lowest BCUT2D eigenvalue weighted by Crippen LogP contribution is -2.31. The van der Waals surface area contributed by atoms with Crippen LogP contribution in [0.3, 0.4) is 0 Å². The van der Waals surface area contributed by atoms with E-state index in [-0.39, 0.29) is 17.4 Å². The fourth-order valence-electron chi connectivity index (χ4n) is 3.34. The Morgan fingerprint density at radius 2 is 1.46 bits per heavy atom. The minimum absolute atomic E-state index is 0.0691. The molecule has 2 aromatic carbocycles. The Hall–Kier alpha value is -3.83. The van der Waals surface area contributed by atoms with Gasteiger partial charge in [0.2, 0.25) is 0 Å². The van der Waals surface area contributed by atoms with Crippen LogP contribution in [0.2, 0.25) is 0 Å². The molecule has 0 aliphatic carbocycles. The number of nitrogens with zero attached hydrogens (tertiary/aromatic N) is 3. The number of amides is 2. The van der Waals surface area contributed by atoms with Crippen molar-refractivity contribution < 1.29 is 35.9 Å². The van der Waals surface area contributed by atoms with Gasteiger partial charge in [-0.05, 0) is 44.2 Å². The molecule has 0 radical (unpaired) electrons. The number of rotatable bonds is 6. The van der Waals surface area contributed by atoms with Gasteiger partial charge in [0.25, 0.3) is 11.8 Å². The van der Waals surface area contributed by atoms with E-state index in [0.717, 1.165) is 0 Å². The van der Waals surface area contributed by atoms with E-state index >= 15 is 0 Å². The second kappa shape index (κ2) is 9.80. The maximum Gasteiger partial charge on any atom is 0.416 e.